The number of hydrogen-bond donors (Lipinski definition) is 0. The highest BCUT2D eigenvalue weighted by Gasteiger charge is 2.27. The molecule has 2 rings (SSSR count). The smallest absolute Gasteiger partial charge is 0.266 e. The second-order valence-electron chi connectivity index (χ2n) is 3.45. The molecule has 3 heteroatoms. The fourth-order valence-corrected chi connectivity index (χ4v) is 1.99. The van der Waals surface area contributed by atoms with Crippen molar-refractivity contribution in [2.45, 2.75) is 25.7 Å². The van der Waals surface area contributed by atoms with E-state index in [4.69, 9.17) is 5.26 Å². The maximum Gasteiger partial charge on any atom is 0.287 e. The predicted molar refractivity (Wildman–Crippen MR) is 48.1 cm³/mol. The fourth-order valence-electron chi connectivity index (χ4n) is 1.99. The minimum Gasteiger partial charge on any atom is -0.266 e. The van der Waals surface area contributed by atoms with E-state index < -0.39 is 0 Å². The highest BCUT2D eigenvalue weighted by Crippen LogP contribution is 2.32. The molecule has 0 aromatic rings. The first kappa shape index (κ1) is 8.18. The van der Waals surface area contributed by atoms with Crippen LogP contribution in [0.3, 0.4) is 0 Å². The molecule has 66 valence electrons. The summed E-state index contributed by atoms with van der Waals surface area (Å²) in [5, 5.41) is 8.80. The Kier molecular flexibility index (Phi) is 1.97. The number of nitriles is 1. The summed E-state index contributed by atoms with van der Waals surface area (Å²) in [6.45, 7) is 0. The molecule has 1 heterocycles. The molecule has 0 radical (unpaired) electrons. The Morgan fingerprint density at radius 3 is 3.15 bits per heavy atom. The van der Waals surface area contributed by atoms with Crippen molar-refractivity contribution in [1.29, 1.82) is 5.26 Å². The topological polar surface area (TPSA) is 53.2 Å². The van der Waals surface area contributed by atoms with Gasteiger partial charge in [0.1, 0.15) is 11.6 Å². The molecule has 1 atom stereocenters. The lowest BCUT2D eigenvalue weighted by molar-refractivity contribution is -0.114. The average Bonchev–Trinajstić information content (AvgIpc) is 2.18. The van der Waals surface area contributed by atoms with Crippen LogP contribution >= 0.6 is 0 Å². The number of dihydropyridines is 1. The second kappa shape index (κ2) is 3.14. The minimum absolute atomic E-state index is 0.265. The number of rotatable bonds is 0. The van der Waals surface area contributed by atoms with Gasteiger partial charge in [-0.05, 0) is 24.8 Å². The summed E-state index contributed by atoms with van der Waals surface area (Å²) in [7, 11) is 0. The van der Waals surface area contributed by atoms with Crippen LogP contribution in [0.5, 0.6) is 0 Å². The number of aliphatic imine (C=N–C) groups is 1. The Balaban J connectivity index is 2.41. The Morgan fingerprint density at radius 1 is 1.54 bits per heavy atom. The van der Waals surface area contributed by atoms with Gasteiger partial charge < -0.3 is 0 Å². The molecule has 1 amide bonds. The predicted octanol–water partition coefficient (Wildman–Crippen LogP) is 1.61. The van der Waals surface area contributed by atoms with Crippen molar-refractivity contribution in [3.8, 4) is 6.07 Å². The third-order valence-electron chi connectivity index (χ3n) is 2.68. The molecular weight excluding hydrogens is 164 g/mol. The molecule has 0 aromatic carbocycles. The van der Waals surface area contributed by atoms with Crippen LogP contribution in [-0.4, -0.2) is 12.1 Å². The van der Waals surface area contributed by atoms with E-state index in [1.54, 1.807) is 6.21 Å². The number of amides is 1. The minimum atomic E-state index is -0.351. The summed E-state index contributed by atoms with van der Waals surface area (Å²) >= 11 is 0. The van der Waals surface area contributed by atoms with E-state index in [2.05, 4.69) is 4.99 Å². The normalized spacial score (nSPS) is 27.0. The van der Waals surface area contributed by atoms with Gasteiger partial charge in [0.2, 0.25) is 0 Å². The zero-order valence-corrected chi connectivity index (χ0v) is 7.29. The number of nitrogens with zero attached hydrogens (tertiary/aromatic N) is 2. The van der Waals surface area contributed by atoms with E-state index >= 15 is 0 Å². The molecule has 1 fully saturated rings. The molecule has 0 bridgehead atoms. The van der Waals surface area contributed by atoms with Crippen LogP contribution in [0.4, 0.5) is 0 Å². The average molecular weight is 174 g/mol. The Labute approximate surface area is 76.8 Å². The number of allylic oxidation sites excluding steroid dienone is 1. The van der Waals surface area contributed by atoms with Gasteiger partial charge in [0.05, 0.1) is 0 Å². The lowest BCUT2D eigenvalue weighted by Gasteiger charge is -2.24. The number of fused-ring (bicyclic) bond motifs is 1. The van der Waals surface area contributed by atoms with E-state index in [-0.39, 0.29) is 11.8 Å². The highest BCUT2D eigenvalue weighted by atomic mass is 16.1. The first-order chi connectivity index (χ1) is 6.33. The largest absolute Gasteiger partial charge is 0.287 e. The van der Waals surface area contributed by atoms with Crippen LogP contribution in [0.25, 0.3) is 0 Å². The SMILES string of the molecule is N#CC1=C2CCCCC2C=NC1=O. The van der Waals surface area contributed by atoms with Gasteiger partial charge in [-0.25, -0.2) is 4.99 Å². The van der Waals surface area contributed by atoms with E-state index in [9.17, 15) is 4.79 Å². The van der Waals surface area contributed by atoms with Crippen LogP contribution in [0, 0.1) is 17.2 Å². The second-order valence-corrected chi connectivity index (χ2v) is 3.45. The van der Waals surface area contributed by atoms with E-state index in [0.29, 0.717) is 5.57 Å². The maximum atomic E-state index is 11.2. The molecule has 1 saturated carbocycles. The van der Waals surface area contributed by atoms with Crippen molar-refractivity contribution in [2.24, 2.45) is 10.9 Å². The molecule has 0 spiro atoms. The first-order valence-electron chi connectivity index (χ1n) is 4.54. The summed E-state index contributed by atoms with van der Waals surface area (Å²) in [6.07, 6.45) is 5.91. The molecule has 0 aromatic heterocycles. The van der Waals surface area contributed by atoms with E-state index in [1.807, 2.05) is 6.07 Å². The summed E-state index contributed by atoms with van der Waals surface area (Å²) < 4.78 is 0. The third-order valence-corrected chi connectivity index (χ3v) is 2.68. The fraction of sp³-hybridized carbons (Fsp3) is 0.500. The Hall–Kier alpha value is -1.43. The van der Waals surface area contributed by atoms with Crippen molar-refractivity contribution < 1.29 is 4.79 Å². The van der Waals surface area contributed by atoms with Crippen molar-refractivity contribution in [3.05, 3.63) is 11.1 Å². The van der Waals surface area contributed by atoms with Crippen LogP contribution in [0.15, 0.2) is 16.1 Å². The van der Waals surface area contributed by atoms with Crippen molar-refractivity contribution in [3.63, 3.8) is 0 Å². The van der Waals surface area contributed by atoms with Crippen molar-refractivity contribution in [2.75, 3.05) is 0 Å². The molecule has 1 aliphatic carbocycles. The van der Waals surface area contributed by atoms with Gasteiger partial charge in [-0.2, -0.15) is 5.26 Å². The van der Waals surface area contributed by atoms with Gasteiger partial charge in [-0.1, -0.05) is 6.42 Å². The van der Waals surface area contributed by atoms with Crippen LogP contribution < -0.4 is 0 Å². The molecule has 0 N–H and O–H groups in total. The van der Waals surface area contributed by atoms with Crippen LogP contribution in [-0.2, 0) is 4.79 Å². The maximum absolute atomic E-state index is 11.2. The lowest BCUT2D eigenvalue weighted by Crippen LogP contribution is -2.20. The van der Waals surface area contributed by atoms with Gasteiger partial charge >= 0.3 is 0 Å². The van der Waals surface area contributed by atoms with Gasteiger partial charge in [0, 0.05) is 12.1 Å². The lowest BCUT2D eigenvalue weighted by atomic mass is 9.81. The van der Waals surface area contributed by atoms with Gasteiger partial charge in [-0.3, -0.25) is 4.79 Å². The standard InChI is InChI=1S/C10H10N2O/c11-5-9-8-4-2-1-3-7(8)6-12-10(9)13/h6-7H,1-4H2. The Morgan fingerprint density at radius 2 is 2.38 bits per heavy atom. The molecule has 0 saturated heterocycles. The van der Waals surface area contributed by atoms with Crippen LogP contribution in [0.2, 0.25) is 0 Å². The van der Waals surface area contributed by atoms with Gasteiger partial charge in [0.25, 0.3) is 5.91 Å². The first-order valence-corrected chi connectivity index (χ1v) is 4.54. The quantitative estimate of drug-likeness (QED) is 0.560. The van der Waals surface area contributed by atoms with Gasteiger partial charge in [0.15, 0.2) is 0 Å². The molecule has 1 unspecified atom stereocenters. The highest BCUT2D eigenvalue weighted by molar-refractivity contribution is 6.05. The van der Waals surface area contributed by atoms with Crippen LogP contribution in [0.1, 0.15) is 25.7 Å². The summed E-state index contributed by atoms with van der Waals surface area (Å²) in [4.78, 5) is 14.9. The summed E-state index contributed by atoms with van der Waals surface area (Å²) in [5.41, 5.74) is 1.32. The molecule has 2 aliphatic rings. The van der Waals surface area contributed by atoms with E-state index in [1.165, 1.54) is 6.42 Å². The zero-order valence-electron chi connectivity index (χ0n) is 7.29. The molecule has 3 nitrogen and oxygen atoms in total. The summed E-state index contributed by atoms with van der Waals surface area (Å²) in [5.74, 6) is -0.0863. The number of carbonyl (C=O) groups excluding carboxylic acids is 1. The Bertz CT molecular complexity index is 346. The molecule has 1 aliphatic heterocycles. The number of carbonyl (C=O) groups is 1. The van der Waals surface area contributed by atoms with Gasteiger partial charge in [-0.15, -0.1) is 0 Å². The number of hydrogen-bond acceptors (Lipinski definition) is 2. The van der Waals surface area contributed by atoms with E-state index in [0.717, 1.165) is 24.8 Å². The molecular formula is C10H10N2O. The summed E-state index contributed by atoms with van der Waals surface area (Å²) in [6, 6.07) is 1.97. The van der Waals surface area contributed by atoms with Crippen molar-refractivity contribution in [1.82, 2.24) is 0 Å². The third kappa shape index (κ3) is 1.29. The van der Waals surface area contributed by atoms with Crippen molar-refractivity contribution >= 4 is 12.1 Å². The monoisotopic (exact) mass is 174 g/mol. The zero-order chi connectivity index (χ0) is 9.26. The molecule has 13 heavy (non-hydrogen) atoms.